The molecule has 0 radical (unpaired) electrons. The number of para-hydroxylation sites is 2. The van der Waals surface area contributed by atoms with E-state index in [2.05, 4.69) is 77.4 Å². The highest BCUT2D eigenvalue weighted by atomic mass is 16.1. The van der Waals surface area contributed by atoms with Crippen LogP contribution in [0.3, 0.4) is 0 Å². The fourth-order valence-corrected chi connectivity index (χ4v) is 5.69. The Labute approximate surface area is 167 Å². The molecule has 0 spiro atoms. The highest BCUT2D eigenvalue weighted by molar-refractivity contribution is 6.28. The number of hydrogen-bond acceptors (Lipinski definition) is 1. The molecular weight excluding hydrogens is 356 g/mol. The maximum atomic E-state index is 12.8. The van der Waals surface area contributed by atoms with Crippen molar-refractivity contribution in [1.29, 1.82) is 0 Å². The Balaban J connectivity index is 1.85. The van der Waals surface area contributed by atoms with Crippen molar-refractivity contribution >= 4 is 49.5 Å². The fourth-order valence-electron chi connectivity index (χ4n) is 5.69. The van der Waals surface area contributed by atoms with E-state index < -0.39 is 0 Å². The summed E-state index contributed by atoms with van der Waals surface area (Å²) in [7, 11) is 0. The maximum Gasteiger partial charge on any atom is 0.228 e. The minimum atomic E-state index is 0.0542. The quantitative estimate of drug-likeness (QED) is 0.311. The molecule has 29 heavy (non-hydrogen) atoms. The van der Waals surface area contributed by atoms with Crippen LogP contribution >= 0.6 is 0 Å². The van der Waals surface area contributed by atoms with Gasteiger partial charge >= 0.3 is 0 Å². The van der Waals surface area contributed by atoms with Gasteiger partial charge in [0.2, 0.25) is 5.91 Å². The molecule has 2 aliphatic rings. The molecular formula is C26H18N2O. The van der Waals surface area contributed by atoms with E-state index in [-0.39, 0.29) is 5.91 Å². The number of carbonyl (C=O) groups is 1. The topological polar surface area (TPSA) is 26.9 Å². The van der Waals surface area contributed by atoms with Gasteiger partial charge in [0.25, 0.3) is 0 Å². The van der Waals surface area contributed by atoms with E-state index in [1.807, 2.05) is 10.6 Å². The van der Waals surface area contributed by atoms with Crippen LogP contribution < -0.4 is 0 Å². The number of fused-ring (bicyclic) bond motifs is 10. The third-order valence-electron chi connectivity index (χ3n) is 6.71. The summed E-state index contributed by atoms with van der Waals surface area (Å²) in [5, 5.41) is 4.74. The highest BCUT2D eigenvalue weighted by Gasteiger charge is 2.36. The van der Waals surface area contributed by atoms with Crippen LogP contribution in [-0.2, 0) is 0 Å². The lowest BCUT2D eigenvalue weighted by atomic mass is 9.89. The number of hydrogen-bond donors (Lipinski definition) is 0. The Bertz CT molecular complexity index is 1590. The second kappa shape index (κ2) is 5.06. The van der Waals surface area contributed by atoms with Gasteiger partial charge in [0.05, 0.1) is 22.6 Å². The summed E-state index contributed by atoms with van der Waals surface area (Å²) in [6, 6.07) is 19.5. The first-order valence-corrected chi connectivity index (χ1v) is 10.1. The van der Waals surface area contributed by atoms with E-state index in [1.165, 1.54) is 32.8 Å². The monoisotopic (exact) mass is 374 g/mol. The van der Waals surface area contributed by atoms with Gasteiger partial charge in [0.1, 0.15) is 0 Å². The van der Waals surface area contributed by atoms with Crippen molar-refractivity contribution in [2.24, 2.45) is 0 Å². The molecule has 5 aromatic rings. The molecule has 1 aliphatic heterocycles. The van der Waals surface area contributed by atoms with Crippen molar-refractivity contribution < 1.29 is 4.79 Å². The van der Waals surface area contributed by atoms with Gasteiger partial charge in [-0.3, -0.25) is 9.36 Å². The van der Waals surface area contributed by atoms with Crippen molar-refractivity contribution in [3.05, 3.63) is 84.5 Å². The first kappa shape index (κ1) is 15.3. The molecule has 0 fully saturated rings. The summed E-state index contributed by atoms with van der Waals surface area (Å²) in [4.78, 5) is 12.8. The van der Waals surface area contributed by atoms with Crippen LogP contribution in [0.15, 0.2) is 78.9 Å². The maximum absolute atomic E-state index is 12.8. The van der Waals surface area contributed by atoms with Crippen molar-refractivity contribution in [3.8, 4) is 0 Å². The first-order chi connectivity index (χ1) is 14.3. The molecule has 0 amide bonds. The van der Waals surface area contributed by atoms with E-state index in [9.17, 15) is 4.79 Å². The van der Waals surface area contributed by atoms with Crippen LogP contribution in [0.4, 0.5) is 0 Å². The number of rotatable bonds is 0. The molecule has 3 nitrogen and oxygen atoms in total. The summed E-state index contributed by atoms with van der Waals surface area (Å²) in [5.41, 5.74) is 5.90. The van der Waals surface area contributed by atoms with Gasteiger partial charge in [-0.15, -0.1) is 0 Å². The van der Waals surface area contributed by atoms with Gasteiger partial charge in [-0.2, -0.15) is 0 Å². The Morgan fingerprint density at radius 2 is 1.55 bits per heavy atom. The summed E-state index contributed by atoms with van der Waals surface area (Å²) >= 11 is 0. The van der Waals surface area contributed by atoms with Crippen molar-refractivity contribution in [3.63, 3.8) is 0 Å². The molecule has 1 aliphatic carbocycles. The minimum Gasteiger partial charge on any atom is -0.332 e. The summed E-state index contributed by atoms with van der Waals surface area (Å²) < 4.78 is 4.39. The molecule has 0 saturated heterocycles. The van der Waals surface area contributed by atoms with Crippen molar-refractivity contribution in [1.82, 2.24) is 9.13 Å². The Morgan fingerprint density at radius 3 is 2.38 bits per heavy atom. The van der Waals surface area contributed by atoms with Gasteiger partial charge in [-0.1, -0.05) is 60.7 Å². The molecule has 1 unspecified atom stereocenters. The lowest BCUT2D eigenvalue weighted by Gasteiger charge is -2.20. The van der Waals surface area contributed by atoms with Crippen molar-refractivity contribution in [2.75, 3.05) is 0 Å². The van der Waals surface area contributed by atoms with E-state index in [4.69, 9.17) is 0 Å². The fraction of sp³-hybridized carbons (Fsp3) is 0.115. The van der Waals surface area contributed by atoms with Crippen LogP contribution in [0.5, 0.6) is 0 Å². The van der Waals surface area contributed by atoms with E-state index in [0.29, 0.717) is 12.0 Å². The predicted molar refractivity (Wildman–Crippen MR) is 119 cm³/mol. The molecule has 3 heterocycles. The van der Waals surface area contributed by atoms with E-state index in [0.717, 1.165) is 16.4 Å². The SMILES string of the molecule is CC(=O)n1c2ccccc2c2cc3c4c(c5ccccc5n4C4C=CC=C[C@@H]34)c21. The summed E-state index contributed by atoms with van der Waals surface area (Å²) in [6.07, 6.45) is 8.93. The summed E-state index contributed by atoms with van der Waals surface area (Å²) in [6.45, 7) is 1.66. The number of aromatic nitrogens is 2. The molecule has 2 aromatic heterocycles. The first-order valence-electron chi connectivity index (χ1n) is 10.1. The second-order valence-corrected chi connectivity index (χ2v) is 8.13. The molecule has 3 aromatic carbocycles. The zero-order valence-electron chi connectivity index (χ0n) is 16.0. The zero-order valence-corrected chi connectivity index (χ0v) is 16.0. The smallest absolute Gasteiger partial charge is 0.228 e. The van der Waals surface area contributed by atoms with Crippen LogP contribution in [-0.4, -0.2) is 15.0 Å². The largest absolute Gasteiger partial charge is 0.332 e. The molecule has 138 valence electrons. The molecule has 0 saturated carbocycles. The van der Waals surface area contributed by atoms with Gasteiger partial charge in [-0.25, -0.2) is 0 Å². The predicted octanol–water partition coefficient (Wildman–Crippen LogP) is 6.33. The highest BCUT2D eigenvalue weighted by Crippen LogP contribution is 2.52. The Kier molecular flexibility index (Phi) is 2.68. The van der Waals surface area contributed by atoms with Gasteiger partial charge < -0.3 is 4.57 Å². The third-order valence-corrected chi connectivity index (χ3v) is 6.71. The Hall–Kier alpha value is -3.59. The van der Waals surface area contributed by atoms with Crippen LogP contribution in [0.1, 0.15) is 29.2 Å². The number of carbonyl (C=O) groups excluding carboxylic acids is 1. The molecule has 3 heteroatoms. The normalized spacial score (nSPS) is 19.8. The van der Waals surface area contributed by atoms with E-state index >= 15 is 0 Å². The average Bonchev–Trinajstić information content (AvgIpc) is 3.37. The second-order valence-electron chi connectivity index (χ2n) is 8.13. The third kappa shape index (κ3) is 1.68. The Morgan fingerprint density at radius 1 is 0.828 bits per heavy atom. The summed E-state index contributed by atoms with van der Waals surface area (Å²) in [5.74, 6) is 0.393. The van der Waals surface area contributed by atoms with Gasteiger partial charge in [0, 0.05) is 39.9 Å². The molecule has 2 atom stereocenters. The lowest BCUT2D eigenvalue weighted by Crippen LogP contribution is -2.08. The van der Waals surface area contributed by atoms with E-state index in [1.54, 1.807) is 6.92 Å². The van der Waals surface area contributed by atoms with Crippen LogP contribution in [0.25, 0.3) is 43.6 Å². The molecule has 7 rings (SSSR count). The zero-order chi connectivity index (χ0) is 19.3. The average molecular weight is 374 g/mol. The molecule has 0 N–H and O–H groups in total. The number of benzene rings is 3. The number of nitrogens with zero attached hydrogens (tertiary/aromatic N) is 2. The van der Waals surface area contributed by atoms with Crippen LogP contribution in [0.2, 0.25) is 0 Å². The number of allylic oxidation sites excluding steroid dienone is 4. The van der Waals surface area contributed by atoms with Crippen molar-refractivity contribution in [2.45, 2.75) is 18.9 Å². The molecule has 0 bridgehead atoms. The standard InChI is InChI=1S/C26H18N2O/c1-15(29)27-21-11-5-2-8-16(21)19-14-20-17-9-3-6-12-22(17)28-23-13-7-4-10-18(23)24(25(19)27)26(20)28/h2-14,17,22H,1H3/t17-,22?/m0/s1. The van der Waals surface area contributed by atoms with Gasteiger partial charge in [0.15, 0.2) is 0 Å². The van der Waals surface area contributed by atoms with Crippen LogP contribution in [0, 0.1) is 0 Å². The minimum absolute atomic E-state index is 0.0542. The van der Waals surface area contributed by atoms with Gasteiger partial charge in [-0.05, 0) is 23.8 Å². The lowest BCUT2D eigenvalue weighted by molar-refractivity contribution is 0.0946.